The second-order valence-electron chi connectivity index (χ2n) is 3.85. The Morgan fingerprint density at radius 2 is 2.25 bits per heavy atom. The standard InChI is InChI=1S/C11H14ClFN2O/c1-3-11(2,14)10(16)15-9-6-7(12)4-5-8(9)13/h4-6H,3,14H2,1-2H3,(H,15,16). The Kier molecular flexibility index (Phi) is 3.88. The molecule has 1 rings (SSSR count). The minimum absolute atomic E-state index is 0.0441. The summed E-state index contributed by atoms with van der Waals surface area (Å²) in [4.78, 5) is 11.7. The van der Waals surface area contributed by atoms with Crippen LogP contribution < -0.4 is 11.1 Å². The van der Waals surface area contributed by atoms with Crippen LogP contribution in [-0.4, -0.2) is 11.4 Å². The van der Waals surface area contributed by atoms with E-state index in [-0.39, 0.29) is 5.69 Å². The fourth-order valence-corrected chi connectivity index (χ4v) is 1.19. The molecule has 0 heterocycles. The molecule has 1 atom stereocenters. The van der Waals surface area contributed by atoms with Crippen LogP contribution in [0.2, 0.25) is 5.02 Å². The SMILES string of the molecule is CCC(C)(N)C(=O)Nc1cc(Cl)ccc1F. The quantitative estimate of drug-likeness (QED) is 0.859. The summed E-state index contributed by atoms with van der Waals surface area (Å²) in [5.74, 6) is -0.971. The molecule has 0 fully saturated rings. The van der Waals surface area contributed by atoms with Gasteiger partial charge in [-0.05, 0) is 31.5 Å². The molecule has 0 radical (unpaired) electrons. The van der Waals surface area contributed by atoms with E-state index in [4.69, 9.17) is 17.3 Å². The molecule has 16 heavy (non-hydrogen) atoms. The fraction of sp³-hybridized carbons (Fsp3) is 0.364. The molecule has 0 aliphatic heterocycles. The molecular weight excluding hydrogens is 231 g/mol. The summed E-state index contributed by atoms with van der Waals surface area (Å²) in [5.41, 5.74) is 4.75. The summed E-state index contributed by atoms with van der Waals surface area (Å²) in [5, 5.41) is 2.77. The Balaban J connectivity index is 2.89. The predicted octanol–water partition coefficient (Wildman–Crippen LogP) is 2.55. The van der Waals surface area contributed by atoms with Gasteiger partial charge >= 0.3 is 0 Å². The summed E-state index contributed by atoms with van der Waals surface area (Å²) in [6, 6.07) is 3.95. The number of amides is 1. The van der Waals surface area contributed by atoms with Crippen LogP contribution in [0.5, 0.6) is 0 Å². The van der Waals surface area contributed by atoms with Gasteiger partial charge in [0.05, 0.1) is 11.2 Å². The molecule has 0 saturated carbocycles. The van der Waals surface area contributed by atoms with Crippen LogP contribution in [0.3, 0.4) is 0 Å². The van der Waals surface area contributed by atoms with Crippen molar-refractivity contribution >= 4 is 23.2 Å². The van der Waals surface area contributed by atoms with E-state index in [9.17, 15) is 9.18 Å². The van der Waals surface area contributed by atoms with Crippen LogP contribution in [0.4, 0.5) is 10.1 Å². The second kappa shape index (κ2) is 4.80. The van der Waals surface area contributed by atoms with E-state index in [1.165, 1.54) is 18.2 Å². The zero-order valence-corrected chi connectivity index (χ0v) is 9.94. The van der Waals surface area contributed by atoms with Crippen LogP contribution in [0, 0.1) is 5.82 Å². The van der Waals surface area contributed by atoms with Gasteiger partial charge < -0.3 is 11.1 Å². The third-order valence-electron chi connectivity index (χ3n) is 2.43. The molecule has 1 amide bonds. The number of hydrogen-bond acceptors (Lipinski definition) is 2. The first-order valence-corrected chi connectivity index (χ1v) is 5.30. The van der Waals surface area contributed by atoms with Gasteiger partial charge in [0, 0.05) is 5.02 Å². The third-order valence-corrected chi connectivity index (χ3v) is 2.66. The van der Waals surface area contributed by atoms with Crippen LogP contribution >= 0.6 is 11.6 Å². The molecule has 3 N–H and O–H groups in total. The van der Waals surface area contributed by atoms with Crippen molar-refractivity contribution in [3.05, 3.63) is 29.0 Å². The van der Waals surface area contributed by atoms with Gasteiger partial charge in [-0.3, -0.25) is 4.79 Å². The molecule has 0 aliphatic rings. The Labute approximate surface area is 98.8 Å². The number of nitrogens with one attached hydrogen (secondary N) is 1. The van der Waals surface area contributed by atoms with E-state index in [0.29, 0.717) is 11.4 Å². The van der Waals surface area contributed by atoms with Gasteiger partial charge in [-0.1, -0.05) is 18.5 Å². The van der Waals surface area contributed by atoms with Gasteiger partial charge in [0.2, 0.25) is 5.91 Å². The van der Waals surface area contributed by atoms with Crippen LogP contribution in [0.25, 0.3) is 0 Å². The molecule has 0 spiro atoms. The Bertz CT molecular complexity index is 407. The van der Waals surface area contributed by atoms with E-state index in [2.05, 4.69) is 5.32 Å². The van der Waals surface area contributed by atoms with Crippen molar-refractivity contribution in [3.63, 3.8) is 0 Å². The monoisotopic (exact) mass is 244 g/mol. The van der Waals surface area contributed by atoms with Crippen molar-refractivity contribution in [2.24, 2.45) is 5.73 Å². The summed E-state index contributed by atoms with van der Waals surface area (Å²) in [7, 11) is 0. The van der Waals surface area contributed by atoms with Crippen molar-refractivity contribution in [3.8, 4) is 0 Å². The number of carbonyl (C=O) groups excluding carboxylic acids is 1. The summed E-state index contributed by atoms with van der Waals surface area (Å²) >= 11 is 5.70. The summed E-state index contributed by atoms with van der Waals surface area (Å²) < 4.78 is 13.3. The number of hydrogen-bond donors (Lipinski definition) is 2. The second-order valence-corrected chi connectivity index (χ2v) is 4.29. The number of rotatable bonds is 3. The first-order chi connectivity index (χ1) is 7.36. The van der Waals surface area contributed by atoms with Gasteiger partial charge in [0.1, 0.15) is 5.82 Å². The predicted molar refractivity (Wildman–Crippen MR) is 62.9 cm³/mol. The molecule has 0 saturated heterocycles. The number of benzene rings is 1. The van der Waals surface area contributed by atoms with E-state index < -0.39 is 17.3 Å². The van der Waals surface area contributed by atoms with Crippen molar-refractivity contribution < 1.29 is 9.18 Å². The van der Waals surface area contributed by atoms with Gasteiger partial charge in [-0.25, -0.2) is 4.39 Å². The highest BCUT2D eigenvalue weighted by Crippen LogP contribution is 2.20. The molecule has 3 nitrogen and oxygen atoms in total. The molecule has 0 aliphatic carbocycles. The average molecular weight is 245 g/mol. The molecule has 88 valence electrons. The highest BCUT2D eigenvalue weighted by molar-refractivity contribution is 6.30. The minimum atomic E-state index is -1.02. The van der Waals surface area contributed by atoms with E-state index in [1.54, 1.807) is 13.8 Å². The fourth-order valence-electron chi connectivity index (χ4n) is 1.02. The summed E-state index contributed by atoms with van der Waals surface area (Å²) in [6.07, 6.45) is 0.459. The van der Waals surface area contributed by atoms with Gasteiger partial charge in [-0.2, -0.15) is 0 Å². The van der Waals surface area contributed by atoms with Crippen molar-refractivity contribution in [1.82, 2.24) is 0 Å². The van der Waals surface area contributed by atoms with Gasteiger partial charge in [0.15, 0.2) is 0 Å². The maximum atomic E-state index is 13.3. The topological polar surface area (TPSA) is 55.1 Å². The first-order valence-electron chi connectivity index (χ1n) is 4.92. The number of halogens is 2. The maximum Gasteiger partial charge on any atom is 0.244 e. The third kappa shape index (κ3) is 2.93. The average Bonchev–Trinajstić information content (AvgIpc) is 2.23. The molecule has 5 heteroatoms. The van der Waals surface area contributed by atoms with E-state index >= 15 is 0 Å². The lowest BCUT2D eigenvalue weighted by Crippen LogP contribution is -2.47. The lowest BCUT2D eigenvalue weighted by molar-refractivity contribution is -0.120. The summed E-state index contributed by atoms with van der Waals surface area (Å²) in [6.45, 7) is 3.37. The molecular formula is C11H14ClFN2O. The van der Waals surface area contributed by atoms with Crippen molar-refractivity contribution in [1.29, 1.82) is 0 Å². The van der Waals surface area contributed by atoms with Gasteiger partial charge in [-0.15, -0.1) is 0 Å². The maximum absolute atomic E-state index is 13.3. The number of nitrogens with two attached hydrogens (primary N) is 1. The highest BCUT2D eigenvalue weighted by Gasteiger charge is 2.26. The van der Waals surface area contributed by atoms with Gasteiger partial charge in [0.25, 0.3) is 0 Å². The lowest BCUT2D eigenvalue weighted by atomic mass is 9.99. The van der Waals surface area contributed by atoms with E-state index in [0.717, 1.165) is 0 Å². The molecule has 1 unspecified atom stereocenters. The molecule has 1 aromatic carbocycles. The Morgan fingerprint density at radius 3 is 2.81 bits per heavy atom. The normalized spacial score (nSPS) is 14.3. The largest absolute Gasteiger partial charge is 0.322 e. The minimum Gasteiger partial charge on any atom is -0.322 e. The van der Waals surface area contributed by atoms with Crippen LogP contribution in [-0.2, 0) is 4.79 Å². The molecule has 0 bridgehead atoms. The first kappa shape index (κ1) is 12.9. The highest BCUT2D eigenvalue weighted by atomic mass is 35.5. The smallest absolute Gasteiger partial charge is 0.244 e. The Morgan fingerprint density at radius 1 is 1.62 bits per heavy atom. The number of anilines is 1. The Hall–Kier alpha value is -1.13. The van der Waals surface area contributed by atoms with Crippen LogP contribution in [0.1, 0.15) is 20.3 Å². The lowest BCUT2D eigenvalue weighted by Gasteiger charge is -2.21. The molecule has 0 aromatic heterocycles. The van der Waals surface area contributed by atoms with E-state index in [1.807, 2.05) is 0 Å². The molecule has 1 aromatic rings. The zero-order valence-electron chi connectivity index (χ0n) is 9.18. The van der Waals surface area contributed by atoms with Crippen molar-refractivity contribution in [2.45, 2.75) is 25.8 Å². The zero-order chi connectivity index (χ0) is 12.3. The number of carbonyl (C=O) groups is 1. The van der Waals surface area contributed by atoms with Crippen molar-refractivity contribution in [2.75, 3.05) is 5.32 Å². The van der Waals surface area contributed by atoms with Crippen LogP contribution in [0.15, 0.2) is 18.2 Å².